The molecule has 0 saturated heterocycles. The summed E-state index contributed by atoms with van der Waals surface area (Å²) >= 11 is 0. The second-order valence-corrected chi connectivity index (χ2v) is 7.20. The van der Waals surface area contributed by atoms with Gasteiger partial charge >= 0.3 is 5.97 Å². The van der Waals surface area contributed by atoms with Crippen molar-refractivity contribution in [3.63, 3.8) is 0 Å². The van der Waals surface area contributed by atoms with Gasteiger partial charge in [-0.1, -0.05) is 6.92 Å². The van der Waals surface area contributed by atoms with Crippen molar-refractivity contribution in [2.45, 2.75) is 18.2 Å². The standard InChI is InChI=1S/C15H22N2O6S/c1-5-8-16-14(18)10-23-15(19)11-6-7-12(22-4)13(9-11)24(20,21)17(2)3/h6-7,9H,5,8,10H2,1-4H3,(H,16,18). The maximum atomic E-state index is 12.3. The molecular weight excluding hydrogens is 336 g/mol. The lowest BCUT2D eigenvalue weighted by Crippen LogP contribution is -2.29. The van der Waals surface area contributed by atoms with Crippen molar-refractivity contribution in [2.75, 3.05) is 34.4 Å². The number of carbonyl (C=O) groups excluding carboxylic acids is 2. The molecule has 134 valence electrons. The minimum atomic E-state index is -3.80. The van der Waals surface area contributed by atoms with Gasteiger partial charge in [-0.3, -0.25) is 4.79 Å². The number of methoxy groups -OCH3 is 1. The minimum Gasteiger partial charge on any atom is -0.495 e. The maximum absolute atomic E-state index is 12.3. The van der Waals surface area contributed by atoms with E-state index in [-0.39, 0.29) is 16.2 Å². The van der Waals surface area contributed by atoms with E-state index >= 15 is 0 Å². The number of nitrogens with one attached hydrogen (secondary N) is 1. The molecule has 0 aliphatic heterocycles. The summed E-state index contributed by atoms with van der Waals surface area (Å²) in [6.07, 6.45) is 0.768. The molecule has 1 aromatic rings. The molecule has 1 N–H and O–H groups in total. The van der Waals surface area contributed by atoms with E-state index in [1.807, 2.05) is 6.92 Å². The molecule has 0 aliphatic rings. The van der Waals surface area contributed by atoms with E-state index in [0.29, 0.717) is 6.54 Å². The van der Waals surface area contributed by atoms with Gasteiger partial charge in [0.05, 0.1) is 12.7 Å². The molecule has 0 unspecified atom stereocenters. The van der Waals surface area contributed by atoms with E-state index in [1.165, 1.54) is 39.4 Å². The van der Waals surface area contributed by atoms with Gasteiger partial charge in [0.25, 0.3) is 5.91 Å². The molecule has 0 aliphatic carbocycles. The van der Waals surface area contributed by atoms with Gasteiger partial charge < -0.3 is 14.8 Å². The van der Waals surface area contributed by atoms with Gasteiger partial charge in [-0.25, -0.2) is 17.5 Å². The molecule has 0 spiro atoms. The molecule has 0 radical (unpaired) electrons. The molecule has 0 aromatic heterocycles. The normalized spacial score (nSPS) is 11.2. The van der Waals surface area contributed by atoms with Crippen molar-refractivity contribution in [2.24, 2.45) is 0 Å². The van der Waals surface area contributed by atoms with Crippen molar-refractivity contribution < 1.29 is 27.5 Å². The second-order valence-electron chi connectivity index (χ2n) is 5.08. The van der Waals surface area contributed by atoms with Crippen LogP contribution in [0.2, 0.25) is 0 Å². The summed E-state index contributed by atoms with van der Waals surface area (Å²) in [6, 6.07) is 3.91. The van der Waals surface area contributed by atoms with E-state index in [0.717, 1.165) is 10.7 Å². The number of hydrogen-bond donors (Lipinski definition) is 1. The van der Waals surface area contributed by atoms with E-state index < -0.39 is 28.5 Å². The molecule has 0 bridgehead atoms. The number of carbonyl (C=O) groups is 2. The van der Waals surface area contributed by atoms with Gasteiger partial charge in [0.15, 0.2) is 6.61 Å². The fourth-order valence-corrected chi connectivity index (χ4v) is 2.81. The van der Waals surface area contributed by atoms with Crippen LogP contribution in [0.15, 0.2) is 23.1 Å². The Morgan fingerprint density at radius 2 is 1.92 bits per heavy atom. The highest BCUT2D eigenvalue weighted by atomic mass is 32.2. The molecule has 1 amide bonds. The van der Waals surface area contributed by atoms with Gasteiger partial charge in [-0.05, 0) is 24.6 Å². The highest BCUT2D eigenvalue weighted by Crippen LogP contribution is 2.27. The van der Waals surface area contributed by atoms with Gasteiger partial charge in [0.2, 0.25) is 10.0 Å². The molecule has 1 rings (SSSR count). The van der Waals surface area contributed by atoms with Gasteiger partial charge in [-0.2, -0.15) is 0 Å². The van der Waals surface area contributed by atoms with E-state index in [2.05, 4.69) is 5.32 Å². The molecule has 0 atom stereocenters. The number of hydrogen-bond acceptors (Lipinski definition) is 6. The third-order valence-electron chi connectivity index (χ3n) is 3.06. The van der Waals surface area contributed by atoms with Crippen LogP contribution in [-0.4, -0.2) is 59.0 Å². The highest BCUT2D eigenvalue weighted by molar-refractivity contribution is 7.89. The van der Waals surface area contributed by atoms with Gasteiger partial charge in [0.1, 0.15) is 10.6 Å². The predicted molar refractivity (Wildman–Crippen MR) is 87.5 cm³/mol. The molecule has 1 aromatic carbocycles. The Balaban J connectivity index is 2.98. The van der Waals surface area contributed by atoms with Crippen molar-refractivity contribution in [1.82, 2.24) is 9.62 Å². The summed E-state index contributed by atoms with van der Waals surface area (Å²) in [4.78, 5) is 23.3. The Bertz CT molecular complexity index is 700. The number of ether oxygens (including phenoxy) is 2. The molecule has 24 heavy (non-hydrogen) atoms. The summed E-state index contributed by atoms with van der Waals surface area (Å²) in [7, 11) is 0.281. The van der Waals surface area contributed by atoms with E-state index in [9.17, 15) is 18.0 Å². The number of rotatable bonds is 8. The molecule has 0 fully saturated rings. The zero-order chi connectivity index (χ0) is 18.3. The van der Waals surface area contributed by atoms with Crippen molar-refractivity contribution in [3.05, 3.63) is 23.8 Å². The number of sulfonamides is 1. The first-order valence-electron chi connectivity index (χ1n) is 7.28. The molecule has 9 heteroatoms. The van der Waals surface area contributed by atoms with Crippen LogP contribution in [0.5, 0.6) is 5.75 Å². The third kappa shape index (κ3) is 4.93. The molecule has 0 saturated carbocycles. The number of nitrogens with zero attached hydrogens (tertiary/aromatic N) is 1. The average molecular weight is 358 g/mol. The first-order chi connectivity index (χ1) is 11.2. The average Bonchev–Trinajstić information content (AvgIpc) is 2.56. The second kappa shape index (κ2) is 8.65. The largest absolute Gasteiger partial charge is 0.495 e. The highest BCUT2D eigenvalue weighted by Gasteiger charge is 2.24. The summed E-state index contributed by atoms with van der Waals surface area (Å²) in [5.41, 5.74) is 0.0134. The van der Waals surface area contributed by atoms with Gasteiger partial charge in [-0.15, -0.1) is 0 Å². The Morgan fingerprint density at radius 1 is 1.25 bits per heavy atom. The molecule has 0 heterocycles. The number of amides is 1. The molecular formula is C15H22N2O6S. The fourth-order valence-electron chi connectivity index (χ4n) is 1.73. The minimum absolute atomic E-state index is 0.0134. The molecule has 8 nitrogen and oxygen atoms in total. The Kier molecular flexibility index (Phi) is 7.18. The topological polar surface area (TPSA) is 102 Å². The zero-order valence-corrected chi connectivity index (χ0v) is 15.0. The first kappa shape index (κ1) is 19.9. The predicted octanol–water partition coefficient (Wildman–Crippen LogP) is 0.629. The smallest absolute Gasteiger partial charge is 0.338 e. The van der Waals surface area contributed by atoms with Crippen LogP contribution in [0.25, 0.3) is 0 Å². The van der Waals surface area contributed by atoms with Crippen LogP contribution >= 0.6 is 0 Å². The van der Waals surface area contributed by atoms with Crippen LogP contribution in [0.3, 0.4) is 0 Å². The van der Waals surface area contributed by atoms with Crippen LogP contribution < -0.4 is 10.1 Å². The van der Waals surface area contributed by atoms with Crippen molar-refractivity contribution in [3.8, 4) is 5.75 Å². The van der Waals surface area contributed by atoms with Crippen LogP contribution in [-0.2, 0) is 19.6 Å². The van der Waals surface area contributed by atoms with Crippen LogP contribution in [0, 0.1) is 0 Å². The number of benzene rings is 1. The monoisotopic (exact) mass is 358 g/mol. The summed E-state index contributed by atoms with van der Waals surface area (Å²) in [6.45, 7) is 1.96. The van der Waals surface area contributed by atoms with E-state index in [1.54, 1.807) is 0 Å². The summed E-state index contributed by atoms with van der Waals surface area (Å²) in [5, 5.41) is 2.57. The maximum Gasteiger partial charge on any atom is 0.338 e. The fraction of sp³-hybridized carbons (Fsp3) is 0.467. The lowest BCUT2D eigenvalue weighted by Gasteiger charge is -2.15. The lowest BCUT2D eigenvalue weighted by molar-refractivity contribution is -0.124. The SMILES string of the molecule is CCCNC(=O)COC(=O)c1ccc(OC)c(S(=O)(=O)N(C)C)c1. The zero-order valence-electron chi connectivity index (χ0n) is 14.2. The van der Waals surface area contributed by atoms with Crippen molar-refractivity contribution in [1.29, 1.82) is 0 Å². The Labute approximate surface area is 141 Å². The van der Waals surface area contributed by atoms with Crippen molar-refractivity contribution >= 4 is 21.9 Å². The Morgan fingerprint density at radius 3 is 2.46 bits per heavy atom. The summed E-state index contributed by atoms with van der Waals surface area (Å²) in [5.74, 6) is -1.10. The summed E-state index contributed by atoms with van der Waals surface area (Å²) < 4.78 is 35.5. The van der Waals surface area contributed by atoms with Crippen LogP contribution in [0.1, 0.15) is 23.7 Å². The Hall–Kier alpha value is -2.13. The number of esters is 1. The third-order valence-corrected chi connectivity index (χ3v) is 4.90. The van der Waals surface area contributed by atoms with Crippen LogP contribution in [0.4, 0.5) is 0 Å². The van der Waals surface area contributed by atoms with Gasteiger partial charge in [0, 0.05) is 20.6 Å². The quantitative estimate of drug-likeness (QED) is 0.684. The van der Waals surface area contributed by atoms with E-state index in [4.69, 9.17) is 9.47 Å². The lowest BCUT2D eigenvalue weighted by atomic mass is 10.2. The first-order valence-corrected chi connectivity index (χ1v) is 8.72.